The summed E-state index contributed by atoms with van der Waals surface area (Å²) in [6.45, 7) is 0. The normalized spacial score (nSPS) is 13.0. The van der Waals surface area contributed by atoms with Gasteiger partial charge in [-0.3, -0.25) is 0 Å². The van der Waals surface area contributed by atoms with Gasteiger partial charge in [0.15, 0.2) is 0 Å². The number of nitrogens with zero attached hydrogens (tertiary/aromatic N) is 4. The van der Waals surface area contributed by atoms with E-state index >= 15 is 0 Å². The van der Waals surface area contributed by atoms with Gasteiger partial charge in [-0.1, -0.05) is 0 Å². The first-order valence-electron chi connectivity index (χ1n) is 2.93. The Kier molecular flexibility index (Phi) is 2.29. The van der Waals surface area contributed by atoms with Gasteiger partial charge in [0, 0.05) is 0 Å². The third-order valence-electron chi connectivity index (χ3n) is 0.986. The molecule has 78 valence electrons. The number of hydrogen-bond acceptors (Lipinski definition) is 4. The summed E-state index contributed by atoms with van der Waals surface area (Å²) in [6, 6.07) is 0. The van der Waals surface area contributed by atoms with Crippen molar-refractivity contribution in [3.8, 4) is 0 Å². The summed E-state index contributed by atoms with van der Waals surface area (Å²) >= 11 is 0. The zero-order valence-electron chi connectivity index (χ0n) is 6.06. The first kappa shape index (κ1) is 10.6. The Balaban J connectivity index is 3.02. The van der Waals surface area contributed by atoms with E-state index in [0.717, 1.165) is 0 Å². The number of hydrogen-bond donors (Lipinski definition) is 0. The lowest BCUT2D eigenvalue weighted by Gasteiger charge is -2.04. The van der Waals surface area contributed by atoms with E-state index < -0.39 is 24.0 Å². The topological polar surface area (TPSA) is 51.6 Å². The van der Waals surface area contributed by atoms with Crippen LogP contribution < -0.4 is 0 Å². The quantitative estimate of drug-likeness (QED) is 0.616. The average molecular weight is 218 g/mol. The minimum Gasteiger partial charge on any atom is -0.163 e. The van der Waals surface area contributed by atoms with Gasteiger partial charge < -0.3 is 0 Å². The van der Waals surface area contributed by atoms with E-state index in [2.05, 4.69) is 20.4 Å². The monoisotopic (exact) mass is 218 g/mol. The molecule has 0 aliphatic heterocycles. The van der Waals surface area contributed by atoms with E-state index in [4.69, 9.17) is 0 Å². The molecule has 0 aromatic carbocycles. The summed E-state index contributed by atoms with van der Waals surface area (Å²) in [5, 5.41) is 8.99. The summed E-state index contributed by atoms with van der Waals surface area (Å²) in [4.78, 5) is 0. The molecule has 14 heavy (non-hydrogen) atoms. The highest BCUT2D eigenvalue weighted by Gasteiger charge is 2.40. The molecule has 1 heterocycles. The second-order valence-electron chi connectivity index (χ2n) is 2.04. The van der Waals surface area contributed by atoms with Gasteiger partial charge in [0.1, 0.15) is 0 Å². The fourth-order valence-electron chi connectivity index (χ4n) is 0.456. The summed E-state index contributed by atoms with van der Waals surface area (Å²) in [5.74, 6) is -3.63. The van der Waals surface area contributed by atoms with Crippen molar-refractivity contribution in [1.82, 2.24) is 20.4 Å². The van der Waals surface area contributed by atoms with Crippen LogP contribution in [-0.4, -0.2) is 20.4 Å². The molecule has 1 aromatic rings. The molecular formula is C4F6N4. The lowest BCUT2D eigenvalue weighted by molar-refractivity contribution is -0.155. The van der Waals surface area contributed by atoms with Gasteiger partial charge in [-0.2, -0.15) is 26.3 Å². The molecule has 0 N–H and O–H groups in total. The molecule has 0 atom stereocenters. The van der Waals surface area contributed by atoms with Crippen molar-refractivity contribution in [1.29, 1.82) is 0 Å². The van der Waals surface area contributed by atoms with Crippen LogP contribution in [-0.2, 0) is 12.4 Å². The van der Waals surface area contributed by atoms with Gasteiger partial charge >= 0.3 is 12.4 Å². The summed E-state index contributed by atoms with van der Waals surface area (Å²) < 4.78 is 70.4. The van der Waals surface area contributed by atoms with Crippen molar-refractivity contribution in [3.63, 3.8) is 0 Å². The van der Waals surface area contributed by atoms with Crippen LogP contribution in [0.1, 0.15) is 11.6 Å². The molecule has 0 saturated heterocycles. The molecule has 10 heteroatoms. The Morgan fingerprint density at radius 2 is 0.786 bits per heavy atom. The molecule has 0 fully saturated rings. The molecule has 1 aromatic heterocycles. The van der Waals surface area contributed by atoms with Gasteiger partial charge in [-0.05, 0) is 0 Å². The molecule has 0 spiro atoms. The molecule has 4 nitrogen and oxygen atoms in total. The van der Waals surface area contributed by atoms with Crippen LogP contribution in [0.5, 0.6) is 0 Å². The SMILES string of the molecule is FC(F)(F)c1nnc(C(F)(F)F)nn1. The van der Waals surface area contributed by atoms with E-state index in [-0.39, 0.29) is 0 Å². The smallest absolute Gasteiger partial charge is 0.163 e. The van der Waals surface area contributed by atoms with E-state index in [1.165, 1.54) is 0 Å². The first-order chi connectivity index (χ1) is 6.21. The van der Waals surface area contributed by atoms with Gasteiger partial charge in [-0.15, -0.1) is 20.4 Å². The van der Waals surface area contributed by atoms with Crippen LogP contribution in [0.4, 0.5) is 26.3 Å². The number of aromatic nitrogens is 4. The number of alkyl halides is 6. The zero-order valence-corrected chi connectivity index (χ0v) is 6.06. The summed E-state index contributed by atoms with van der Waals surface area (Å²) in [7, 11) is 0. The van der Waals surface area contributed by atoms with Crippen LogP contribution >= 0.6 is 0 Å². The second-order valence-corrected chi connectivity index (χ2v) is 2.04. The van der Waals surface area contributed by atoms with Crippen LogP contribution in [0.2, 0.25) is 0 Å². The maximum Gasteiger partial charge on any atom is 0.455 e. The third kappa shape index (κ3) is 2.26. The van der Waals surface area contributed by atoms with Crippen molar-refractivity contribution in [2.24, 2.45) is 0 Å². The number of halogens is 6. The largest absolute Gasteiger partial charge is 0.455 e. The predicted molar refractivity (Wildman–Crippen MR) is 27.6 cm³/mol. The highest BCUT2D eigenvalue weighted by molar-refractivity contribution is 4.89. The maximum atomic E-state index is 11.7. The fraction of sp³-hybridized carbons (Fsp3) is 0.500. The van der Waals surface area contributed by atoms with Crippen LogP contribution in [0.15, 0.2) is 0 Å². The van der Waals surface area contributed by atoms with Crippen molar-refractivity contribution < 1.29 is 26.3 Å². The van der Waals surface area contributed by atoms with E-state index in [1.807, 2.05) is 0 Å². The van der Waals surface area contributed by atoms with Gasteiger partial charge in [0.2, 0.25) is 0 Å². The van der Waals surface area contributed by atoms with E-state index in [9.17, 15) is 26.3 Å². The first-order valence-corrected chi connectivity index (χ1v) is 2.93. The van der Waals surface area contributed by atoms with Crippen molar-refractivity contribution in [2.45, 2.75) is 12.4 Å². The van der Waals surface area contributed by atoms with Crippen LogP contribution in [0, 0.1) is 0 Å². The Hall–Kier alpha value is -1.48. The van der Waals surface area contributed by atoms with Gasteiger partial charge in [0.05, 0.1) is 0 Å². The average Bonchev–Trinajstić information content (AvgIpc) is 2.01. The fourth-order valence-corrected chi connectivity index (χ4v) is 0.456. The third-order valence-corrected chi connectivity index (χ3v) is 0.986. The second kappa shape index (κ2) is 3.03. The molecule has 0 unspecified atom stereocenters. The van der Waals surface area contributed by atoms with E-state index in [1.54, 1.807) is 0 Å². The molecule has 0 bridgehead atoms. The molecule has 1 rings (SSSR count). The molecular weight excluding hydrogens is 218 g/mol. The van der Waals surface area contributed by atoms with Crippen LogP contribution in [0.3, 0.4) is 0 Å². The molecule has 0 amide bonds. The number of rotatable bonds is 0. The molecule has 0 aliphatic rings. The Bertz CT molecular complexity index is 279. The summed E-state index contributed by atoms with van der Waals surface area (Å²) in [6.07, 6.45) is -9.91. The minimum atomic E-state index is -4.95. The summed E-state index contributed by atoms with van der Waals surface area (Å²) in [5.41, 5.74) is 0. The zero-order chi connectivity index (χ0) is 11.0. The predicted octanol–water partition coefficient (Wildman–Crippen LogP) is 1.30. The van der Waals surface area contributed by atoms with Gasteiger partial charge in [-0.25, -0.2) is 0 Å². The lowest BCUT2D eigenvalue weighted by Crippen LogP contribution is -2.19. The molecule has 0 radical (unpaired) electrons. The highest BCUT2D eigenvalue weighted by Crippen LogP contribution is 2.27. The highest BCUT2D eigenvalue weighted by atomic mass is 19.4. The molecule has 0 saturated carbocycles. The van der Waals surface area contributed by atoms with Gasteiger partial charge in [0.25, 0.3) is 11.6 Å². The van der Waals surface area contributed by atoms with Crippen molar-refractivity contribution >= 4 is 0 Å². The maximum absolute atomic E-state index is 11.7. The van der Waals surface area contributed by atoms with Crippen molar-refractivity contribution in [2.75, 3.05) is 0 Å². The Morgan fingerprint density at radius 3 is 0.929 bits per heavy atom. The standard InChI is InChI=1S/C4F6N4/c5-3(6,7)1-11-13-2(14-12-1)4(8,9)10. The minimum absolute atomic E-state index is 1.81. The lowest BCUT2D eigenvalue weighted by atomic mass is 10.6. The Labute approximate surface area is 72.0 Å². The van der Waals surface area contributed by atoms with Crippen molar-refractivity contribution in [3.05, 3.63) is 11.6 Å². The van der Waals surface area contributed by atoms with E-state index in [0.29, 0.717) is 0 Å². The Morgan fingerprint density at radius 1 is 0.571 bits per heavy atom. The molecule has 0 aliphatic carbocycles. The van der Waals surface area contributed by atoms with Crippen LogP contribution in [0.25, 0.3) is 0 Å².